The van der Waals surface area contributed by atoms with Gasteiger partial charge in [0, 0.05) is 25.3 Å². The van der Waals surface area contributed by atoms with Gasteiger partial charge in [-0.05, 0) is 44.5 Å². The number of nitrogens with zero attached hydrogens (tertiary/aromatic N) is 2. The Labute approximate surface area is 111 Å². The first-order valence-electron chi connectivity index (χ1n) is 7.24. The molecule has 0 bridgehead atoms. The zero-order valence-electron chi connectivity index (χ0n) is 11.4. The van der Waals surface area contributed by atoms with Crippen LogP contribution in [0.15, 0.2) is 24.4 Å². The van der Waals surface area contributed by atoms with E-state index in [0.29, 0.717) is 6.04 Å². The molecule has 1 N–H and O–H groups in total. The van der Waals surface area contributed by atoms with Crippen LogP contribution >= 0.6 is 0 Å². The first-order valence-corrected chi connectivity index (χ1v) is 7.24. The van der Waals surface area contributed by atoms with E-state index in [1.807, 2.05) is 12.3 Å². The van der Waals surface area contributed by atoms with E-state index in [9.17, 15) is 0 Å². The number of nitrogens with one attached hydrogen (secondary N) is 1. The summed E-state index contributed by atoms with van der Waals surface area (Å²) in [4.78, 5) is 6.96. The molecule has 3 heteroatoms. The molecule has 0 aromatic carbocycles. The number of hydrogen-bond donors (Lipinski definition) is 1. The minimum absolute atomic E-state index is 0.675. The first kappa shape index (κ1) is 13.5. The van der Waals surface area contributed by atoms with E-state index in [0.717, 1.165) is 19.6 Å². The SMILES string of the molecule is CCCN(Cc1ccccn1)CC1CCCCN1. The lowest BCUT2D eigenvalue weighted by Gasteiger charge is -2.30. The van der Waals surface area contributed by atoms with Crippen LogP contribution in [0.5, 0.6) is 0 Å². The molecule has 2 rings (SSSR count). The summed E-state index contributed by atoms with van der Waals surface area (Å²) >= 11 is 0. The summed E-state index contributed by atoms with van der Waals surface area (Å²) in [7, 11) is 0. The Morgan fingerprint density at radius 2 is 2.33 bits per heavy atom. The third-order valence-electron chi connectivity index (χ3n) is 3.54. The molecule has 1 unspecified atom stereocenters. The molecule has 1 fully saturated rings. The second kappa shape index (κ2) is 7.49. The Morgan fingerprint density at radius 1 is 1.39 bits per heavy atom. The molecule has 3 nitrogen and oxygen atoms in total. The minimum atomic E-state index is 0.675. The van der Waals surface area contributed by atoms with Gasteiger partial charge in [0.25, 0.3) is 0 Å². The highest BCUT2D eigenvalue weighted by Gasteiger charge is 2.16. The van der Waals surface area contributed by atoms with Crippen LogP contribution in [0.1, 0.15) is 38.3 Å². The molecule has 1 aromatic heterocycles. The van der Waals surface area contributed by atoms with Crippen LogP contribution in [0, 0.1) is 0 Å². The Balaban J connectivity index is 1.86. The molecule has 18 heavy (non-hydrogen) atoms. The molecular weight excluding hydrogens is 222 g/mol. The lowest BCUT2D eigenvalue weighted by molar-refractivity contribution is 0.215. The molecule has 0 saturated carbocycles. The maximum atomic E-state index is 4.43. The van der Waals surface area contributed by atoms with Crippen molar-refractivity contribution in [3.05, 3.63) is 30.1 Å². The Bertz CT molecular complexity index is 320. The zero-order valence-corrected chi connectivity index (χ0v) is 11.4. The number of rotatable bonds is 6. The van der Waals surface area contributed by atoms with Gasteiger partial charge in [-0.25, -0.2) is 0 Å². The van der Waals surface area contributed by atoms with Gasteiger partial charge in [0.05, 0.1) is 5.69 Å². The second-order valence-electron chi connectivity index (χ2n) is 5.20. The van der Waals surface area contributed by atoms with Gasteiger partial charge in [-0.1, -0.05) is 19.4 Å². The predicted molar refractivity (Wildman–Crippen MR) is 75.4 cm³/mol. The van der Waals surface area contributed by atoms with Gasteiger partial charge in [-0.3, -0.25) is 9.88 Å². The fourth-order valence-electron chi connectivity index (χ4n) is 2.66. The van der Waals surface area contributed by atoms with Crippen LogP contribution in [0.2, 0.25) is 0 Å². The normalized spacial score (nSPS) is 20.2. The summed E-state index contributed by atoms with van der Waals surface area (Å²) in [6.07, 6.45) is 7.13. The van der Waals surface area contributed by atoms with E-state index in [4.69, 9.17) is 0 Å². The maximum Gasteiger partial charge on any atom is 0.0543 e. The van der Waals surface area contributed by atoms with Crippen molar-refractivity contribution in [3.8, 4) is 0 Å². The molecule has 0 spiro atoms. The zero-order chi connectivity index (χ0) is 12.6. The highest BCUT2D eigenvalue weighted by molar-refractivity contribution is 5.03. The van der Waals surface area contributed by atoms with Gasteiger partial charge in [-0.15, -0.1) is 0 Å². The third-order valence-corrected chi connectivity index (χ3v) is 3.54. The van der Waals surface area contributed by atoms with E-state index < -0.39 is 0 Å². The van der Waals surface area contributed by atoms with Gasteiger partial charge in [0.2, 0.25) is 0 Å². The predicted octanol–water partition coefficient (Wildman–Crippen LogP) is 2.44. The molecule has 100 valence electrons. The molecular formula is C15H25N3. The Morgan fingerprint density at radius 3 is 3.00 bits per heavy atom. The molecule has 1 saturated heterocycles. The van der Waals surface area contributed by atoms with Crippen molar-refractivity contribution in [2.45, 2.75) is 45.2 Å². The Kier molecular flexibility index (Phi) is 5.62. The summed E-state index contributed by atoms with van der Waals surface area (Å²) < 4.78 is 0. The largest absolute Gasteiger partial charge is 0.313 e. The molecule has 0 radical (unpaired) electrons. The molecule has 1 aliphatic rings. The minimum Gasteiger partial charge on any atom is -0.313 e. The van der Waals surface area contributed by atoms with Crippen LogP contribution in [-0.2, 0) is 6.54 Å². The smallest absolute Gasteiger partial charge is 0.0543 e. The van der Waals surface area contributed by atoms with Gasteiger partial charge in [-0.2, -0.15) is 0 Å². The summed E-state index contributed by atoms with van der Waals surface area (Å²) in [6.45, 7) is 6.74. The van der Waals surface area contributed by atoms with Gasteiger partial charge in [0.15, 0.2) is 0 Å². The molecule has 1 aromatic rings. The van der Waals surface area contributed by atoms with Gasteiger partial charge in [0.1, 0.15) is 0 Å². The molecule has 0 aliphatic carbocycles. The van der Waals surface area contributed by atoms with E-state index in [-0.39, 0.29) is 0 Å². The highest BCUT2D eigenvalue weighted by atomic mass is 15.2. The first-order chi connectivity index (χ1) is 8.88. The topological polar surface area (TPSA) is 28.2 Å². The quantitative estimate of drug-likeness (QED) is 0.837. The van der Waals surface area contributed by atoms with Crippen molar-refractivity contribution in [2.75, 3.05) is 19.6 Å². The molecule has 1 aliphatic heterocycles. The third kappa shape index (κ3) is 4.39. The number of hydrogen-bond acceptors (Lipinski definition) is 3. The van der Waals surface area contributed by atoms with Crippen molar-refractivity contribution in [3.63, 3.8) is 0 Å². The van der Waals surface area contributed by atoms with Crippen LogP contribution < -0.4 is 5.32 Å². The molecule has 1 atom stereocenters. The van der Waals surface area contributed by atoms with Gasteiger partial charge < -0.3 is 5.32 Å². The number of pyridine rings is 1. The van der Waals surface area contributed by atoms with Crippen molar-refractivity contribution in [2.24, 2.45) is 0 Å². The summed E-state index contributed by atoms with van der Waals surface area (Å²) in [5.41, 5.74) is 1.18. The monoisotopic (exact) mass is 247 g/mol. The lowest BCUT2D eigenvalue weighted by atomic mass is 10.0. The average Bonchev–Trinajstić information content (AvgIpc) is 2.41. The van der Waals surface area contributed by atoms with E-state index in [2.05, 4.69) is 34.3 Å². The van der Waals surface area contributed by atoms with Crippen molar-refractivity contribution in [1.29, 1.82) is 0 Å². The number of aromatic nitrogens is 1. The van der Waals surface area contributed by atoms with E-state index in [1.165, 1.54) is 37.9 Å². The number of piperidine rings is 1. The standard InChI is InChI=1S/C15H25N3/c1-2-11-18(12-14-7-3-5-9-16-14)13-15-8-4-6-10-17-15/h3,5,7,9,15,17H,2,4,6,8,10-13H2,1H3. The summed E-state index contributed by atoms with van der Waals surface area (Å²) in [5.74, 6) is 0. The molecule has 2 heterocycles. The lowest BCUT2D eigenvalue weighted by Crippen LogP contribution is -2.43. The van der Waals surface area contributed by atoms with Crippen molar-refractivity contribution in [1.82, 2.24) is 15.2 Å². The summed E-state index contributed by atoms with van der Waals surface area (Å²) in [5, 5.41) is 3.63. The second-order valence-corrected chi connectivity index (χ2v) is 5.20. The maximum absolute atomic E-state index is 4.43. The average molecular weight is 247 g/mol. The fraction of sp³-hybridized carbons (Fsp3) is 0.667. The van der Waals surface area contributed by atoms with Crippen LogP contribution in [0.25, 0.3) is 0 Å². The van der Waals surface area contributed by atoms with Crippen LogP contribution in [0.4, 0.5) is 0 Å². The Hall–Kier alpha value is -0.930. The van der Waals surface area contributed by atoms with Crippen LogP contribution in [0.3, 0.4) is 0 Å². The van der Waals surface area contributed by atoms with Gasteiger partial charge >= 0.3 is 0 Å². The highest BCUT2D eigenvalue weighted by Crippen LogP contribution is 2.10. The van der Waals surface area contributed by atoms with Crippen molar-refractivity contribution >= 4 is 0 Å². The summed E-state index contributed by atoms with van der Waals surface area (Å²) in [6, 6.07) is 6.85. The van der Waals surface area contributed by atoms with Crippen LogP contribution in [-0.4, -0.2) is 35.6 Å². The fourth-order valence-corrected chi connectivity index (χ4v) is 2.66. The van der Waals surface area contributed by atoms with E-state index in [1.54, 1.807) is 0 Å². The van der Waals surface area contributed by atoms with Crippen molar-refractivity contribution < 1.29 is 0 Å². The van der Waals surface area contributed by atoms with E-state index >= 15 is 0 Å². The molecule has 0 amide bonds.